The van der Waals surface area contributed by atoms with Crippen molar-refractivity contribution in [3.63, 3.8) is 0 Å². The van der Waals surface area contributed by atoms with E-state index in [1.807, 2.05) is 24.3 Å². The molecule has 0 fully saturated rings. The van der Waals surface area contributed by atoms with E-state index in [0.29, 0.717) is 5.39 Å². The third kappa shape index (κ3) is 1.37. The molecule has 1 aliphatic heterocycles. The average Bonchev–Trinajstić information content (AvgIpc) is 2.53. The molecule has 0 bridgehead atoms. The van der Waals surface area contributed by atoms with E-state index < -0.39 is 0 Å². The van der Waals surface area contributed by atoms with Gasteiger partial charge < -0.3 is 4.57 Å². The van der Waals surface area contributed by atoms with Gasteiger partial charge in [0.15, 0.2) is 5.16 Å². The van der Waals surface area contributed by atoms with Gasteiger partial charge in [0.2, 0.25) is 0 Å². The van der Waals surface area contributed by atoms with Gasteiger partial charge in [0.05, 0.1) is 10.9 Å². The average molecular weight is 232 g/mol. The smallest absolute Gasteiger partial charge is 0.281 e. The third-order valence-electron chi connectivity index (χ3n) is 2.76. The highest BCUT2D eigenvalue weighted by Crippen LogP contribution is 2.40. The van der Waals surface area contributed by atoms with E-state index in [4.69, 9.17) is 0 Å². The molecule has 1 aromatic carbocycles. The topological polar surface area (TPSA) is 34.9 Å². The largest absolute Gasteiger partial charge is 0.319 e. The van der Waals surface area contributed by atoms with Gasteiger partial charge in [-0.05, 0) is 26.0 Å². The lowest BCUT2D eigenvalue weighted by molar-refractivity contribution is 0.573. The minimum Gasteiger partial charge on any atom is -0.319 e. The Labute approximate surface area is 97.5 Å². The predicted molar refractivity (Wildman–Crippen MR) is 65.9 cm³/mol. The lowest BCUT2D eigenvalue weighted by Crippen LogP contribution is -2.17. The zero-order valence-corrected chi connectivity index (χ0v) is 10.0. The highest BCUT2D eigenvalue weighted by Gasteiger charge is 2.31. The number of thioether (sulfide) groups is 1. The molecule has 0 saturated carbocycles. The van der Waals surface area contributed by atoms with E-state index in [2.05, 4.69) is 23.4 Å². The summed E-state index contributed by atoms with van der Waals surface area (Å²) < 4.78 is 2.26. The molecule has 0 N–H and O–H groups in total. The summed E-state index contributed by atoms with van der Waals surface area (Å²) in [5, 5.41) is 1.55. The van der Waals surface area contributed by atoms with Crippen LogP contribution in [0.4, 0.5) is 0 Å². The van der Waals surface area contributed by atoms with Gasteiger partial charge in [-0.25, -0.2) is 0 Å². The second-order valence-electron chi connectivity index (χ2n) is 4.66. The highest BCUT2D eigenvalue weighted by molar-refractivity contribution is 8.00. The van der Waals surface area contributed by atoms with Gasteiger partial charge in [-0.2, -0.15) is 4.98 Å². The number of hydrogen-bond acceptors (Lipinski definition) is 3. The van der Waals surface area contributed by atoms with Crippen molar-refractivity contribution in [3.8, 4) is 0 Å². The van der Waals surface area contributed by atoms with Crippen molar-refractivity contribution < 1.29 is 0 Å². The van der Waals surface area contributed by atoms with Crippen LogP contribution in [0.1, 0.15) is 13.8 Å². The first kappa shape index (κ1) is 9.90. The maximum Gasteiger partial charge on any atom is 0.281 e. The molecule has 0 radical (unpaired) electrons. The van der Waals surface area contributed by atoms with Crippen molar-refractivity contribution in [1.29, 1.82) is 0 Å². The van der Waals surface area contributed by atoms with Gasteiger partial charge in [0, 0.05) is 11.3 Å². The van der Waals surface area contributed by atoms with E-state index in [1.54, 1.807) is 11.8 Å². The molecular weight excluding hydrogens is 220 g/mol. The third-order valence-corrected chi connectivity index (χ3v) is 3.94. The quantitative estimate of drug-likeness (QED) is 0.654. The van der Waals surface area contributed by atoms with E-state index >= 15 is 0 Å². The second-order valence-corrected chi connectivity index (χ2v) is 6.34. The van der Waals surface area contributed by atoms with E-state index in [0.717, 1.165) is 17.2 Å². The zero-order chi connectivity index (χ0) is 11.3. The molecule has 2 heterocycles. The van der Waals surface area contributed by atoms with Gasteiger partial charge in [0.25, 0.3) is 5.56 Å². The Morgan fingerprint density at radius 1 is 1.38 bits per heavy atom. The first-order chi connectivity index (χ1) is 7.57. The van der Waals surface area contributed by atoms with Crippen LogP contribution in [0.2, 0.25) is 0 Å². The number of hydrogen-bond donors (Lipinski definition) is 0. The molecule has 1 aromatic heterocycles. The van der Waals surface area contributed by atoms with Gasteiger partial charge in [-0.1, -0.05) is 23.9 Å². The Kier molecular flexibility index (Phi) is 1.92. The number of para-hydroxylation sites is 1. The Morgan fingerprint density at radius 3 is 2.94 bits per heavy atom. The van der Waals surface area contributed by atoms with Crippen molar-refractivity contribution in [2.24, 2.45) is 0 Å². The summed E-state index contributed by atoms with van der Waals surface area (Å²) in [4.78, 5) is 16.0. The maximum absolute atomic E-state index is 11.8. The minimum absolute atomic E-state index is 0.118. The summed E-state index contributed by atoms with van der Waals surface area (Å²) in [6.45, 7) is 5.25. The number of nitrogens with zero attached hydrogens (tertiary/aromatic N) is 2. The van der Waals surface area contributed by atoms with Crippen LogP contribution in [0.5, 0.6) is 0 Å². The SMILES string of the molecule is CC1(C)Cn2c(nc(=O)c3ccccc32)S1. The summed E-state index contributed by atoms with van der Waals surface area (Å²) >= 11 is 1.67. The fourth-order valence-electron chi connectivity index (χ4n) is 2.09. The fraction of sp³-hybridized carbons (Fsp3) is 0.333. The molecule has 0 saturated heterocycles. The highest BCUT2D eigenvalue weighted by atomic mass is 32.2. The molecule has 3 rings (SSSR count). The lowest BCUT2D eigenvalue weighted by atomic mass is 10.2. The molecule has 16 heavy (non-hydrogen) atoms. The number of aromatic nitrogens is 2. The normalized spacial score (nSPS) is 17.6. The first-order valence-electron chi connectivity index (χ1n) is 5.25. The molecule has 0 atom stereocenters. The minimum atomic E-state index is -0.118. The molecule has 0 amide bonds. The van der Waals surface area contributed by atoms with Crippen LogP contribution in [0.3, 0.4) is 0 Å². The van der Waals surface area contributed by atoms with E-state index in [9.17, 15) is 4.79 Å². The monoisotopic (exact) mass is 232 g/mol. The van der Waals surface area contributed by atoms with Gasteiger partial charge in [-0.15, -0.1) is 0 Å². The van der Waals surface area contributed by atoms with E-state index in [1.165, 1.54) is 0 Å². The number of fused-ring (bicyclic) bond motifs is 3. The summed E-state index contributed by atoms with van der Waals surface area (Å²) in [6.07, 6.45) is 0. The van der Waals surface area contributed by atoms with Crippen LogP contribution < -0.4 is 5.56 Å². The standard InChI is InChI=1S/C12H12N2OS/c1-12(2)7-14-9-6-4-3-5-8(9)10(15)13-11(14)16-12/h3-6H,7H2,1-2H3. The molecule has 1 aliphatic rings. The van der Waals surface area contributed by atoms with Crippen molar-refractivity contribution in [1.82, 2.24) is 9.55 Å². The summed E-state index contributed by atoms with van der Waals surface area (Å²) in [5.41, 5.74) is 0.877. The Morgan fingerprint density at radius 2 is 2.12 bits per heavy atom. The van der Waals surface area contributed by atoms with Gasteiger partial charge in [0.1, 0.15) is 0 Å². The number of benzene rings is 1. The Bertz CT molecular complexity index is 630. The molecular formula is C12H12N2OS. The Balaban J connectivity index is 2.39. The van der Waals surface area contributed by atoms with Crippen molar-refractivity contribution >= 4 is 22.7 Å². The van der Waals surface area contributed by atoms with Crippen LogP contribution >= 0.6 is 11.8 Å². The molecule has 0 spiro atoms. The summed E-state index contributed by atoms with van der Waals surface area (Å²) in [6, 6.07) is 7.68. The first-order valence-corrected chi connectivity index (χ1v) is 6.07. The molecule has 82 valence electrons. The van der Waals surface area contributed by atoms with Gasteiger partial charge >= 0.3 is 0 Å². The summed E-state index contributed by atoms with van der Waals surface area (Å²) in [7, 11) is 0. The van der Waals surface area contributed by atoms with Crippen LogP contribution in [0.15, 0.2) is 34.2 Å². The molecule has 3 nitrogen and oxygen atoms in total. The predicted octanol–water partition coefficient (Wildman–Crippen LogP) is 2.28. The van der Waals surface area contributed by atoms with Crippen LogP contribution in [-0.2, 0) is 6.54 Å². The molecule has 0 aliphatic carbocycles. The summed E-state index contributed by atoms with van der Waals surface area (Å²) in [5.74, 6) is 0. The molecule has 0 unspecified atom stereocenters. The van der Waals surface area contributed by atoms with Crippen LogP contribution in [0.25, 0.3) is 10.9 Å². The fourth-order valence-corrected chi connectivity index (χ4v) is 3.18. The molecule has 4 heteroatoms. The van der Waals surface area contributed by atoms with Crippen molar-refractivity contribution in [2.75, 3.05) is 0 Å². The second kappa shape index (κ2) is 3.10. The van der Waals surface area contributed by atoms with E-state index in [-0.39, 0.29) is 10.3 Å². The zero-order valence-electron chi connectivity index (χ0n) is 9.23. The lowest BCUT2D eigenvalue weighted by Gasteiger charge is -2.13. The maximum atomic E-state index is 11.8. The number of rotatable bonds is 0. The van der Waals surface area contributed by atoms with Gasteiger partial charge in [-0.3, -0.25) is 4.79 Å². The van der Waals surface area contributed by atoms with Crippen LogP contribution in [-0.4, -0.2) is 14.3 Å². The van der Waals surface area contributed by atoms with Crippen LogP contribution in [0, 0.1) is 0 Å². The Hall–Kier alpha value is -1.29. The van der Waals surface area contributed by atoms with Crippen molar-refractivity contribution in [3.05, 3.63) is 34.6 Å². The van der Waals surface area contributed by atoms with Crippen molar-refractivity contribution in [2.45, 2.75) is 30.3 Å². The molecule has 2 aromatic rings.